The summed E-state index contributed by atoms with van der Waals surface area (Å²) in [5.74, 6) is 0. The molecule has 1 N–H and O–H groups in total. The van der Waals surface area contributed by atoms with Gasteiger partial charge in [-0.25, -0.2) is 4.79 Å². The molecule has 4 heteroatoms. The Hall–Kier alpha value is -0.780. The lowest BCUT2D eigenvalue weighted by atomic mass is 10.1. The minimum Gasteiger partial charge on any atom is -0.450 e. The molecule has 0 fully saturated rings. The fourth-order valence-corrected chi connectivity index (χ4v) is 1.31. The Balaban J connectivity index is 2.71. The van der Waals surface area contributed by atoms with Crippen LogP contribution in [0.2, 0.25) is 0 Å². The van der Waals surface area contributed by atoms with Crippen molar-refractivity contribution in [3.63, 3.8) is 0 Å². The van der Waals surface area contributed by atoms with Crippen molar-refractivity contribution in [2.24, 2.45) is 0 Å². The lowest BCUT2D eigenvalue weighted by molar-refractivity contribution is 0.0587. The Morgan fingerprint density at radius 1 is 1.46 bits per heavy atom. The van der Waals surface area contributed by atoms with Gasteiger partial charge >= 0.3 is 6.16 Å². The van der Waals surface area contributed by atoms with Gasteiger partial charge in [0.2, 0.25) is 0 Å². The molecule has 0 aliphatic rings. The average molecular weight is 292 g/mol. The molecule has 1 aromatic carbocycles. The first kappa shape index (κ1) is 10.3. The van der Waals surface area contributed by atoms with Gasteiger partial charge in [0.25, 0.3) is 0 Å². The first-order valence-corrected chi connectivity index (χ1v) is 4.82. The molecule has 1 unspecified atom stereocenters. The third-order valence-electron chi connectivity index (χ3n) is 1.62. The minimum atomic E-state index is -1.24. The second-order valence-electron chi connectivity index (χ2n) is 2.58. The predicted molar refractivity (Wildman–Crippen MR) is 56.7 cm³/mol. The normalized spacial score (nSPS) is 12.2. The van der Waals surface area contributed by atoms with E-state index in [1.165, 1.54) is 0 Å². The van der Waals surface area contributed by atoms with Gasteiger partial charge in [-0.15, -0.1) is 0 Å². The van der Waals surface area contributed by atoms with Gasteiger partial charge in [0.15, 0.2) is 0 Å². The van der Waals surface area contributed by atoms with Gasteiger partial charge in [0.1, 0.15) is 6.10 Å². The fourth-order valence-electron chi connectivity index (χ4n) is 0.953. The Kier molecular flexibility index (Phi) is 3.53. The van der Waals surface area contributed by atoms with Crippen LogP contribution in [0.4, 0.5) is 4.79 Å². The van der Waals surface area contributed by atoms with E-state index in [0.29, 0.717) is 0 Å². The summed E-state index contributed by atoms with van der Waals surface area (Å²) in [6, 6.07) is 7.54. The zero-order valence-corrected chi connectivity index (χ0v) is 9.19. The third-order valence-corrected chi connectivity index (χ3v) is 2.34. The van der Waals surface area contributed by atoms with E-state index in [0.717, 1.165) is 9.13 Å². The molecule has 1 aromatic rings. The van der Waals surface area contributed by atoms with E-state index in [9.17, 15) is 4.79 Å². The van der Waals surface area contributed by atoms with Gasteiger partial charge in [0, 0.05) is 3.57 Å². The maximum atomic E-state index is 10.2. The third kappa shape index (κ3) is 3.22. The van der Waals surface area contributed by atoms with Gasteiger partial charge in [-0.3, -0.25) is 0 Å². The fraction of sp³-hybridized carbons (Fsp3) is 0.222. The molecule has 0 amide bonds. The van der Waals surface area contributed by atoms with Crippen LogP contribution in [0.3, 0.4) is 0 Å². The van der Waals surface area contributed by atoms with Crippen LogP contribution in [0, 0.1) is 3.57 Å². The molecule has 13 heavy (non-hydrogen) atoms. The van der Waals surface area contributed by atoms with Crippen molar-refractivity contribution in [1.29, 1.82) is 0 Å². The summed E-state index contributed by atoms with van der Waals surface area (Å²) in [5, 5.41) is 8.38. The van der Waals surface area contributed by atoms with Crippen molar-refractivity contribution in [3.05, 3.63) is 33.4 Å². The first-order chi connectivity index (χ1) is 6.09. The van der Waals surface area contributed by atoms with Crippen molar-refractivity contribution in [2.45, 2.75) is 13.0 Å². The van der Waals surface area contributed by atoms with Gasteiger partial charge in [-0.2, -0.15) is 0 Å². The van der Waals surface area contributed by atoms with Crippen LogP contribution in [-0.4, -0.2) is 11.3 Å². The van der Waals surface area contributed by atoms with Crippen LogP contribution in [0.5, 0.6) is 0 Å². The number of benzene rings is 1. The summed E-state index contributed by atoms with van der Waals surface area (Å²) < 4.78 is 5.70. The summed E-state index contributed by atoms with van der Waals surface area (Å²) >= 11 is 2.19. The van der Waals surface area contributed by atoms with Crippen LogP contribution in [0.15, 0.2) is 24.3 Å². The Bertz CT molecular complexity index is 294. The maximum Gasteiger partial charge on any atom is 0.506 e. The summed E-state index contributed by atoms with van der Waals surface area (Å²) in [6.45, 7) is 1.70. The number of rotatable bonds is 2. The van der Waals surface area contributed by atoms with Crippen LogP contribution in [-0.2, 0) is 4.74 Å². The topological polar surface area (TPSA) is 46.5 Å². The highest BCUT2D eigenvalue weighted by atomic mass is 127. The number of carbonyl (C=O) groups is 1. The molecule has 0 spiro atoms. The molecule has 3 nitrogen and oxygen atoms in total. The Labute approximate surface area is 89.9 Å². The van der Waals surface area contributed by atoms with Crippen molar-refractivity contribution in [3.8, 4) is 0 Å². The molecule has 0 saturated heterocycles. The highest BCUT2D eigenvalue weighted by Gasteiger charge is 2.09. The lowest BCUT2D eigenvalue weighted by Gasteiger charge is -2.10. The van der Waals surface area contributed by atoms with Crippen LogP contribution in [0.25, 0.3) is 0 Å². The molecule has 0 radical (unpaired) electrons. The molecule has 0 aromatic heterocycles. The minimum absolute atomic E-state index is 0.408. The van der Waals surface area contributed by atoms with E-state index in [1.54, 1.807) is 6.92 Å². The molecule has 0 heterocycles. The monoisotopic (exact) mass is 292 g/mol. The van der Waals surface area contributed by atoms with Crippen molar-refractivity contribution in [1.82, 2.24) is 0 Å². The van der Waals surface area contributed by atoms with E-state index in [4.69, 9.17) is 5.11 Å². The first-order valence-electron chi connectivity index (χ1n) is 3.74. The highest BCUT2D eigenvalue weighted by molar-refractivity contribution is 14.1. The Morgan fingerprint density at radius 2 is 2.00 bits per heavy atom. The molecular weight excluding hydrogens is 283 g/mol. The summed E-state index contributed by atoms with van der Waals surface area (Å²) in [7, 11) is 0. The van der Waals surface area contributed by atoms with Gasteiger partial charge in [-0.05, 0) is 47.2 Å². The molecule has 0 saturated carbocycles. The van der Waals surface area contributed by atoms with Crippen molar-refractivity contribution >= 4 is 28.7 Å². The van der Waals surface area contributed by atoms with E-state index in [1.807, 2.05) is 24.3 Å². The quantitative estimate of drug-likeness (QED) is 0.673. The largest absolute Gasteiger partial charge is 0.506 e. The smallest absolute Gasteiger partial charge is 0.450 e. The van der Waals surface area contributed by atoms with E-state index < -0.39 is 12.3 Å². The highest BCUT2D eigenvalue weighted by Crippen LogP contribution is 2.17. The zero-order valence-electron chi connectivity index (χ0n) is 7.03. The summed E-state index contributed by atoms with van der Waals surface area (Å²) in [6.07, 6.45) is -1.65. The molecule has 0 aliphatic heterocycles. The summed E-state index contributed by atoms with van der Waals surface area (Å²) in [4.78, 5) is 10.2. The number of hydrogen-bond donors (Lipinski definition) is 1. The van der Waals surface area contributed by atoms with E-state index in [2.05, 4.69) is 27.3 Å². The van der Waals surface area contributed by atoms with E-state index >= 15 is 0 Å². The summed E-state index contributed by atoms with van der Waals surface area (Å²) in [5.41, 5.74) is 0.864. The standard InChI is InChI=1S/C9H9IO3/c1-6(13-9(11)12)7-2-4-8(10)5-3-7/h2-6H,1H3,(H,11,12). The van der Waals surface area contributed by atoms with Crippen molar-refractivity contribution in [2.75, 3.05) is 0 Å². The molecule has 70 valence electrons. The van der Waals surface area contributed by atoms with Crippen LogP contribution in [0.1, 0.15) is 18.6 Å². The second-order valence-corrected chi connectivity index (χ2v) is 3.82. The average Bonchev–Trinajstić information content (AvgIpc) is 2.04. The predicted octanol–water partition coefficient (Wildman–Crippen LogP) is 3.05. The molecule has 1 atom stereocenters. The van der Waals surface area contributed by atoms with Gasteiger partial charge in [0.05, 0.1) is 0 Å². The molecular formula is C9H9IO3. The zero-order chi connectivity index (χ0) is 9.84. The maximum absolute atomic E-state index is 10.2. The van der Waals surface area contributed by atoms with Crippen LogP contribution >= 0.6 is 22.6 Å². The lowest BCUT2D eigenvalue weighted by Crippen LogP contribution is -2.05. The molecule has 0 aliphatic carbocycles. The SMILES string of the molecule is CC(OC(=O)O)c1ccc(I)cc1. The van der Waals surface area contributed by atoms with E-state index in [-0.39, 0.29) is 0 Å². The Morgan fingerprint density at radius 3 is 2.46 bits per heavy atom. The molecule has 0 bridgehead atoms. The molecule has 1 rings (SSSR count). The number of hydrogen-bond acceptors (Lipinski definition) is 2. The van der Waals surface area contributed by atoms with Gasteiger partial charge < -0.3 is 9.84 Å². The van der Waals surface area contributed by atoms with Crippen molar-refractivity contribution < 1.29 is 14.6 Å². The van der Waals surface area contributed by atoms with Crippen LogP contribution < -0.4 is 0 Å². The van der Waals surface area contributed by atoms with Gasteiger partial charge in [-0.1, -0.05) is 12.1 Å². The second kappa shape index (κ2) is 4.45. The number of carboxylic acid groups (broad SMARTS) is 1. The number of ether oxygens (including phenoxy) is 1. The number of halogens is 1.